The summed E-state index contributed by atoms with van der Waals surface area (Å²) in [6.45, 7) is 7.26. The number of piperazine rings is 1. The van der Waals surface area contributed by atoms with E-state index in [4.69, 9.17) is 4.74 Å². The van der Waals surface area contributed by atoms with E-state index in [9.17, 15) is 13.2 Å². The predicted octanol–water partition coefficient (Wildman–Crippen LogP) is 4.95. The predicted molar refractivity (Wildman–Crippen MR) is 104 cm³/mol. The minimum Gasteiger partial charge on any atom is -0.496 e. The highest BCUT2D eigenvalue weighted by molar-refractivity contribution is 5.85. The molecule has 0 amide bonds. The summed E-state index contributed by atoms with van der Waals surface area (Å²) in [5.74, 6) is 0.992. The summed E-state index contributed by atoms with van der Waals surface area (Å²) in [6, 6.07) is 5.62. The molecule has 0 aliphatic carbocycles. The first kappa shape index (κ1) is 25.3. The second-order valence-electron chi connectivity index (χ2n) is 6.61. The van der Waals surface area contributed by atoms with Gasteiger partial charge in [-0.25, -0.2) is 0 Å². The zero-order valence-corrected chi connectivity index (χ0v) is 17.1. The van der Waals surface area contributed by atoms with Crippen LogP contribution in [-0.2, 0) is 0 Å². The lowest BCUT2D eigenvalue weighted by atomic mass is 9.93. The molecule has 2 rings (SSSR count). The number of rotatable bonds is 6. The Balaban J connectivity index is 0.00000312. The largest absolute Gasteiger partial charge is 0.496 e. The van der Waals surface area contributed by atoms with Crippen LogP contribution >= 0.6 is 24.8 Å². The van der Waals surface area contributed by atoms with E-state index in [1.165, 1.54) is 0 Å². The van der Waals surface area contributed by atoms with Crippen LogP contribution in [-0.4, -0.2) is 44.4 Å². The van der Waals surface area contributed by atoms with Crippen LogP contribution in [0.1, 0.15) is 49.8 Å². The highest BCUT2D eigenvalue weighted by Crippen LogP contribution is 2.37. The van der Waals surface area contributed by atoms with E-state index in [2.05, 4.69) is 24.1 Å². The van der Waals surface area contributed by atoms with Gasteiger partial charge in [-0.15, -0.1) is 24.8 Å². The number of methoxy groups -OCH3 is 1. The van der Waals surface area contributed by atoms with Crippen LogP contribution in [0.15, 0.2) is 18.2 Å². The molecule has 0 bridgehead atoms. The van der Waals surface area contributed by atoms with Crippen LogP contribution in [0, 0.1) is 0 Å². The van der Waals surface area contributed by atoms with Gasteiger partial charge in [-0.1, -0.05) is 26.0 Å². The summed E-state index contributed by atoms with van der Waals surface area (Å²) in [5.41, 5.74) is 1.99. The first-order valence-electron chi connectivity index (χ1n) is 8.51. The quantitative estimate of drug-likeness (QED) is 0.709. The number of ether oxygens (including phenoxy) is 1. The van der Waals surface area contributed by atoms with Gasteiger partial charge in [-0.2, -0.15) is 13.2 Å². The first-order chi connectivity index (χ1) is 11.3. The average Bonchev–Trinajstić information content (AvgIpc) is 2.54. The second kappa shape index (κ2) is 11.2. The number of alkyl halides is 3. The highest BCUT2D eigenvalue weighted by Gasteiger charge is 2.32. The minimum absolute atomic E-state index is 0. The SMILES string of the molecule is COc1ccc(C(C)C)cc1[C@H](CCC(F)(F)F)N1CCNCC1.Cl.Cl. The minimum atomic E-state index is -4.14. The number of hydrogen-bond donors (Lipinski definition) is 1. The Bertz CT molecular complexity index is 536. The molecule has 1 fully saturated rings. The van der Waals surface area contributed by atoms with Gasteiger partial charge in [0.05, 0.1) is 7.11 Å². The summed E-state index contributed by atoms with van der Waals surface area (Å²) < 4.78 is 43.9. The summed E-state index contributed by atoms with van der Waals surface area (Å²) in [6.07, 6.45) is -4.87. The molecule has 1 saturated heterocycles. The van der Waals surface area contributed by atoms with Crippen molar-refractivity contribution in [2.75, 3.05) is 33.3 Å². The molecule has 0 saturated carbocycles. The molecule has 1 aromatic rings. The van der Waals surface area contributed by atoms with Crippen LogP contribution < -0.4 is 10.1 Å². The topological polar surface area (TPSA) is 24.5 Å². The molecule has 152 valence electrons. The Hall–Kier alpha value is -0.690. The van der Waals surface area contributed by atoms with Crippen LogP contribution in [0.4, 0.5) is 13.2 Å². The van der Waals surface area contributed by atoms with Crippen molar-refractivity contribution in [2.45, 2.75) is 44.8 Å². The molecule has 1 N–H and O–H groups in total. The van der Waals surface area contributed by atoms with E-state index >= 15 is 0 Å². The lowest BCUT2D eigenvalue weighted by molar-refractivity contribution is -0.138. The van der Waals surface area contributed by atoms with E-state index in [-0.39, 0.29) is 37.3 Å². The van der Waals surface area contributed by atoms with Gasteiger partial charge in [0.2, 0.25) is 0 Å². The number of halogens is 5. The first-order valence-corrected chi connectivity index (χ1v) is 8.51. The molecule has 1 heterocycles. The number of benzene rings is 1. The molecular formula is C18H29Cl2F3N2O. The molecule has 0 radical (unpaired) electrons. The molecule has 1 aliphatic rings. The molecular weight excluding hydrogens is 388 g/mol. The monoisotopic (exact) mass is 416 g/mol. The molecule has 26 heavy (non-hydrogen) atoms. The molecule has 0 unspecified atom stereocenters. The number of hydrogen-bond acceptors (Lipinski definition) is 3. The molecule has 3 nitrogen and oxygen atoms in total. The van der Waals surface area contributed by atoms with Crippen molar-refractivity contribution in [2.24, 2.45) is 0 Å². The van der Waals surface area contributed by atoms with Crippen molar-refractivity contribution in [3.8, 4) is 5.75 Å². The molecule has 0 aromatic heterocycles. The second-order valence-corrected chi connectivity index (χ2v) is 6.61. The van der Waals surface area contributed by atoms with Gasteiger partial charge in [0.25, 0.3) is 0 Å². The maximum atomic E-state index is 12.8. The smallest absolute Gasteiger partial charge is 0.389 e. The third-order valence-corrected chi connectivity index (χ3v) is 4.57. The van der Waals surface area contributed by atoms with Gasteiger partial charge in [-0.3, -0.25) is 4.90 Å². The van der Waals surface area contributed by atoms with Crippen LogP contribution in [0.2, 0.25) is 0 Å². The van der Waals surface area contributed by atoms with Crippen LogP contribution in [0.3, 0.4) is 0 Å². The molecule has 0 spiro atoms. The molecule has 8 heteroatoms. The fourth-order valence-corrected chi connectivity index (χ4v) is 3.20. The van der Waals surface area contributed by atoms with Gasteiger partial charge >= 0.3 is 6.18 Å². The standard InChI is InChI=1S/C18H27F3N2O.2ClH/c1-13(2)14-4-5-17(24-3)15(12-14)16(6-7-18(19,20)21)23-10-8-22-9-11-23;;/h4-5,12-13,16,22H,6-11H2,1-3H3;2*1H/t16-;;/m0../s1. The molecule has 1 atom stereocenters. The normalized spacial score (nSPS) is 16.6. The summed E-state index contributed by atoms with van der Waals surface area (Å²) in [4.78, 5) is 2.14. The maximum absolute atomic E-state index is 12.8. The van der Waals surface area contributed by atoms with Gasteiger partial charge in [0.15, 0.2) is 0 Å². The van der Waals surface area contributed by atoms with Gasteiger partial charge < -0.3 is 10.1 Å². The zero-order chi connectivity index (χ0) is 17.7. The van der Waals surface area contributed by atoms with Crippen molar-refractivity contribution in [1.29, 1.82) is 0 Å². The fourth-order valence-electron chi connectivity index (χ4n) is 3.20. The van der Waals surface area contributed by atoms with Crippen molar-refractivity contribution in [3.05, 3.63) is 29.3 Å². The van der Waals surface area contributed by atoms with E-state index in [1.807, 2.05) is 18.2 Å². The van der Waals surface area contributed by atoms with Crippen molar-refractivity contribution >= 4 is 24.8 Å². The maximum Gasteiger partial charge on any atom is 0.389 e. The molecule has 1 aliphatic heterocycles. The Kier molecular flexibility index (Phi) is 10.9. The van der Waals surface area contributed by atoms with Crippen molar-refractivity contribution in [3.63, 3.8) is 0 Å². The van der Waals surface area contributed by atoms with Gasteiger partial charge in [0.1, 0.15) is 5.75 Å². The third kappa shape index (κ3) is 7.14. The average molecular weight is 417 g/mol. The Morgan fingerprint density at radius 3 is 2.27 bits per heavy atom. The van der Waals surface area contributed by atoms with Crippen LogP contribution in [0.25, 0.3) is 0 Å². The third-order valence-electron chi connectivity index (χ3n) is 4.57. The Morgan fingerprint density at radius 2 is 1.77 bits per heavy atom. The summed E-state index contributed by atoms with van der Waals surface area (Å²) >= 11 is 0. The lowest BCUT2D eigenvalue weighted by Crippen LogP contribution is -2.45. The zero-order valence-electron chi connectivity index (χ0n) is 15.4. The number of nitrogens with zero attached hydrogens (tertiary/aromatic N) is 1. The fraction of sp³-hybridized carbons (Fsp3) is 0.667. The van der Waals surface area contributed by atoms with Gasteiger partial charge in [0, 0.05) is 44.2 Å². The van der Waals surface area contributed by atoms with E-state index in [1.54, 1.807) is 7.11 Å². The summed E-state index contributed by atoms with van der Waals surface area (Å²) in [7, 11) is 1.58. The highest BCUT2D eigenvalue weighted by atomic mass is 35.5. The van der Waals surface area contributed by atoms with Crippen LogP contribution in [0.5, 0.6) is 5.75 Å². The van der Waals surface area contributed by atoms with E-state index in [0.717, 1.165) is 37.3 Å². The van der Waals surface area contributed by atoms with E-state index < -0.39 is 12.6 Å². The Labute approximate surface area is 166 Å². The van der Waals surface area contributed by atoms with Crippen molar-refractivity contribution < 1.29 is 17.9 Å². The summed E-state index contributed by atoms with van der Waals surface area (Å²) in [5, 5.41) is 3.26. The lowest BCUT2D eigenvalue weighted by Gasteiger charge is -2.36. The van der Waals surface area contributed by atoms with Gasteiger partial charge in [-0.05, 0) is 24.0 Å². The van der Waals surface area contributed by atoms with Crippen molar-refractivity contribution in [1.82, 2.24) is 10.2 Å². The number of nitrogens with one attached hydrogen (secondary N) is 1. The van der Waals surface area contributed by atoms with E-state index in [0.29, 0.717) is 11.7 Å². The Morgan fingerprint density at radius 1 is 1.15 bits per heavy atom. The molecule has 1 aromatic carbocycles.